The number of rotatable bonds is 10. The highest BCUT2D eigenvalue weighted by atomic mass is 32.2. The number of thioether (sulfide) groups is 2. The lowest BCUT2D eigenvalue weighted by molar-refractivity contribution is 0.790. The normalized spacial score (nSPS) is 12.2. The Morgan fingerprint density at radius 3 is 2.20 bits per heavy atom. The maximum atomic E-state index is 8.87. The first-order valence-corrected chi connectivity index (χ1v) is 17.1. The molecule has 4 heteroatoms. The van der Waals surface area contributed by atoms with Gasteiger partial charge in [0.25, 0.3) is 0 Å². The Hall–Kier alpha value is -3.83. The highest BCUT2D eigenvalue weighted by Gasteiger charge is 2.17. The van der Waals surface area contributed by atoms with Gasteiger partial charge in [-0.2, -0.15) is 0 Å². The van der Waals surface area contributed by atoms with Crippen molar-refractivity contribution in [1.82, 2.24) is 0 Å². The van der Waals surface area contributed by atoms with Crippen LogP contribution in [-0.4, -0.2) is 5.04 Å². The second-order valence-corrected chi connectivity index (χ2v) is 14.2. The fraction of sp³-hybridized carbons (Fsp3) is 0.125. The van der Waals surface area contributed by atoms with E-state index in [1.807, 2.05) is 30.4 Å². The zero-order valence-electron chi connectivity index (χ0n) is 25.7. The summed E-state index contributed by atoms with van der Waals surface area (Å²) in [6.07, 6.45) is 6.22. The number of hydrogen-bond donors (Lipinski definition) is 1. The molecule has 1 heterocycles. The summed E-state index contributed by atoms with van der Waals surface area (Å²) in [5.74, 6) is 0.389. The van der Waals surface area contributed by atoms with E-state index < -0.39 is 0 Å². The van der Waals surface area contributed by atoms with Crippen molar-refractivity contribution in [2.75, 3.05) is 0 Å². The Bertz CT molecular complexity index is 1970. The molecule has 0 unspecified atom stereocenters. The highest BCUT2D eigenvalue weighted by Crippen LogP contribution is 2.46. The fourth-order valence-corrected chi connectivity index (χ4v) is 8.47. The summed E-state index contributed by atoms with van der Waals surface area (Å²) in [6.45, 7) is 21.2. The fourth-order valence-electron chi connectivity index (χ4n) is 5.22. The molecule has 44 heavy (non-hydrogen) atoms. The molecule has 0 saturated carbocycles. The number of nitrogens with one attached hydrogen (secondary N) is 1. The van der Waals surface area contributed by atoms with Gasteiger partial charge >= 0.3 is 0 Å². The van der Waals surface area contributed by atoms with Crippen LogP contribution in [0.15, 0.2) is 138 Å². The van der Waals surface area contributed by atoms with E-state index >= 15 is 0 Å². The zero-order chi connectivity index (χ0) is 31.4. The smallest absolute Gasteiger partial charge is 0.0990 e. The van der Waals surface area contributed by atoms with Crippen LogP contribution in [-0.2, 0) is 0 Å². The van der Waals surface area contributed by atoms with Crippen LogP contribution in [0.1, 0.15) is 44.4 Å². The van der Waals surface area contributed by atoms with E-state index in [0.717, 1.165) is 42.5 Å². The van der Waals surface area contributed by atoms with Gasteiger partial charge in [0.15, 0.2) is 0 Å². The van der Waals surface area contributed by atoms with E-state index in [4.69, 9.17) is 5.41 Å². The summed E-state index contributed by atoms with van der Waals surface area (Å²) in [4.78, 5) is 3.21. The Balaban J connectivity index is 1.51. The van der Waals surface area contributed by atoms with Crippen molar-refractivity contribution < 1.29 is 0 Å². The average molecular weight is 628 g/mol. The van der Waals surface area contributed by atoms with Gasteiger partial charge in [-0.25, -0.2) is 0 Å². The Morgan fingerprint density at radius 2 is 1.55 bits per heavy atom. The standard InChI is InChI=1S/C40H37NS3/c1-8-13-32(26(5)6)37(9-2)42-27(7)33-16-11-18-35-36-19-12-17-34(39(36)44-38(33)35)29-14-10-15-30(24-29)40(41)43-31-22-20-28(21-23-31)25(3)4/h8-24,26,41H,2-3,7H2,1,4-6H3/b13-8-,37-32-,41-40?. The van der Waals surface area contributed by atoms with Gasteiger partial charge in [-0.15, -0.1) is 11.3 Å². The second kappa shape index (κ2) is 13.9. The average Bonchev–Trinajstić information content (AvgIpc) is 3.42. The Labute approximate surface area is 274 Å². The van der Waals surface area contributed by atoms with Crippen molar-refractivity contribution in [2.24, 2.45) is 5.92 Å². The summed E-state index contributed by atoms with van der Waals surface area (Å²) in [5.41, 5.74) is 7.79. The molecule has 0 aliphatic heterocycles. The zero-order valence-corrected chi connectivity index (χ0v) is 28.2. The first-order valence-electron chi connectivity index (χ1n) is 14.7. The minimum absolute atomic E-state index is 0.389. The SMILES string of the molecule is C=C/C(SC(=C)c1cccc2c1sc1c(-c3cccc(C(=N)Sc4ccc(C(=C)C)cc4)c3)cccc12)=C(\C=C/C)C(C)C. The molecule has 0 radical (unpaired) electrons. The summed E-state index contributed by atoms with van der Waals surface area (Å²) in [6, 6.07) is 29.7. The molecule has 1 nitrogen and oxygen atoms in total. The van der Waals surface area contributed by atoms with Gasteiger partial charge in [-0.1, -0.05) is 148 Å². The molecular formula is C40H37NS3. The quantitative estimate of drug-likeness (QED) is 0.0721. The van der Waals surface area contributed by atoms with Crippen LogP contribution >= 0.6 is 34.9 Å². The number of fused-ring (bicyclic) bond motifs is 3. The lowest BCUT2D eigenvalue weighted by Crippen LogP contribution is -1.94. The second-order valence-electron chi connectivity index (χ2n) is 11.0. The summed E-state index contributed by atoms with van der Waals surface area (Å²) in [5, 5.41) is 11.9. The predicted molar refractivity (Wildman–Crippen MR) is 202 cm³/mol. The first-order chi connectivity index (χ1) is 21.2. The molecule has 0 aliphatic carbocycles. The van der Waals surface area contributed by atoms with Crippen molar-refractivity contribution in [3.05, 3.63) is 150 Å². The van der Waals surface area contributed by atoms with Crippen LogP contribution in [0, 0.1) is 11.3 Å². The predicted octanol–water partition coefficient (Wildman–Crippen LogP) is 13.2. The number of thiophene rings is 1. The molecule has 4 aromatic carbocycles. The molecule has 1 aromatic heterocycles. The van der Waals surface area contributed by atoms with Gasteiger partial charge in [0.2, 0.25) is 0 Å². The minimum atomic E-state index is 0.389. The lowest BCUT2D eigenvalue weighted by atomic mass is 10.0. The maximum Gasteiger partial charge on any atom is 0.0990 e. The van der Waals surface area contributed by atoms with Gasteiger partial charge in [-0.05, 0) is 60.2 Å². The summed E-state index contributed by atoms with van der Waals surface area (Å²) in [7, 11) is 0. The number of hydrogen-bond acceptors (Lipinski definition) is 4. The van der Waals surface area contributed by atoms with Crippen LogP contribution < -0.4 is 0 Å². The van der Waals surface area contributed by atoms with Gasteiger partial charge in [0, 0.05) is 46.0 Å². The molecule has 5 rings (SSSR count). The first kappa shape index (κ1) is 31.6. The van der Waals surface area contributed by atoms with Crippen LogP contribution in [0.5, 0.6) is 0 Å². The van der Waals surface area contributed by atoms with Gasteiger partial charge in [-0.3, -0.25) is 5.41 Å². The molecule has 0 spiro atoms. The molecule has 1 N–H and O–H groups in total. The Kier molecular flexibility index (Phi) is 9.95. The molecular weight excluding hydrogens is 591 g/mol. The van der Waals surface area contributed by atoms with Gasteiger partial charge in [0.05, 0.1) is 5.04 Å². The molecule has 0 amide bonds. The van der Waals surface area contributed by atoms with Crippen LogP contribution in [0.25, 0.3) is 41.8 Å². The van der Waals surface area contributed by atoms with Crippen molar-refractivity contribution in [3.63, 3.8) is 0 Å². The highest BCUT2D eigenvalue weighted by molar-refractivity contribution is 8.14. The van der Waals surface area contributed by atoms with Crippen LogP contribution in [0.4, 0.5) is 0 Å². The van der Waals surface area contributed by atoms with E-state index in [1.54, 1.807) is 11.8 Å². The van der Waals surface area contributed by atoms with Crippen LogP contribution in [0.2, 0.25) is 0 Å². The van der Waals surface area contributed by atoms with E-state index in [-0.39, 0.29) is 0 Å². The van der Waals surface area contributed by atoms with E-state index in [0.29, 0.717) is 11.0 Å². The van der Waals surface area contributed by atoms with Crippen LogP contribution in [0.3, 0.4) is 0 Å². The Morgan fingerprint density at radius 1 is 0.864 bits per heavy atom. The maximum absolute atomic E-state index is 8.87. The molecule has 0 aliphatic rings. The number of benzene rings is 4. The van der Waals surface area contributed by atoms with Crippen molar-refractivity contribution in [2.45, 2.75) is 32.6 Å². The monoisotopic (exact) mass is 627 g/mol. The third kappa shape index (κ3) is 6.63. The minimum Gasteiger partial charge on any atom is -0.293 e. The summed E-state index contributed by atoms with van der Waals surface area (Å²) >= 11 is 5.00. The molecule has 0 bridgehead atoms. The summed E-state index contributed by atoms with van der Waals surface area (Å²) < 4.78 is 2.49. The topological polar surface area (TPSA) is 23.9 Å². The third-order valence-corrected chi connectivity index (χ3v) is 10.8. The van der Waals surface area contributed by atoms with E-state index in [2.05, 4.69) is 132 Å². The van der Waals surface area contributed by atoms with E-state index in [9.17, 15) is 0 Å². The van der Waals surface area contributed by atoms with Crippen molar-refractivity contribution in [3.8, 4) is 11.1 Å². The van der Waals surface area contributed by atoms with E-state index in [1.165, 1.54) is 43.1 Å². The third-order valence-electron chi connectivity index (χ3n) is 7.50. The van der Waals surface area contributed by atoms with Gasteiger partial charge < -0.3 is 0 Å². The number of allylic oxidation sites excluding steroid dienone is 5. The molecule has 0 saturated heterocycles. The molecule has 0 atom stereocenters. The lowest BCUT2D eigenvalue weighted by Gasteiger charge is -2.14. The van der Waals surface area contributed by atoms with Crippen molar-refractivity contribution in [1.29, 1.82) is 5.41 Å². The largest absolute Gasteiger partial charge is 0.293 e. The molecule has 0 fully saturated rings. The van der Waals surface area contributed by atoms with Gasteiger partial charge in [0.1, 0.15) is 0 Å². The van der Waals surface area contributed by atoms with Crippen molar-refractivity contribution >= 4 is 70.6 Å². The molecule has 5 aromatic rings. The molecule has 220 valence electrons.